The van der Waals surface area contributed by atoms with E-state index in [1.54, 1.807) is 11.8 Å². The molecular formula is C15H17N3S. The average Bonchev–Trinajstić information content (AvgIpc) is 2.46. The number of pyridine rings is 1. The van der Waals surface area contributed by atoms with Gasteiger partial charge in [-0.15, -0.1) is 0 Å². The number of nitrogens with zero attached hydrogens (tertiary/aromatic N) is 2. The minimum atomic E-state index is 0.343. The van der Waals surface area contributed by atoms with E-state index in [-0.39, 0.29) is 0 Å². The molecule has 0 fully saturated rings. The van der Waals surface area contributed by atoms with Gasteiger partial charge in [0.15, 0.2) is 0 Å². The van der Waals surface area contributed by atoms with E-state index < -0.39 is 0 Å². The molecule has 1 unspecified atom stereocenters. The van der Waals surface area contributed by atoms with Crippen LogP contribution in [0.4, 0.5) is 5.82 Å². The zero-order valence-corrected chi connectivity index (χ0v) is 12.0. The number of benzene rings is 1. The van der Waals surface area contributed by atoms with Crippen LogP contribution in [0.2, 0.25) is 0 Å². The monoisotopic (exact) mass is 271 g/mol. The molecule has 0 aliphatic heterocycles. The van der Waals surface area contributed by atoms with E-state index in [1.807, 2.05) is 30.3 Å². The molecule has 0 aliphatic carbocycles. The predicted octanol–water partition coefficient (Wildman–Crippen LogP) is 3.66. The first-order valence-electron chi connectivity index (χ1n) is 6.33. The number of thioether (sulfide) groups is 1. The molecule has 1 atom stereocenters. The van der Waals surface area contributed by atoms with Crippen LogP contribution in [0.3, 0.4) is 0 Å². The van der Waals surface area contributed by atoms with Crippen molar-refractivity contribution in [2.24, 2.45) is 0 Å². The molecule has 0 aliphatic rings. The number of para-hydroxylation sites is 1. The van der Waals surface area contributed by atoms with Crippen LogP contribution < -0.4 is 5.32 Å². The summed E-state index contributed by atoms with van der Waals surface area (Å²) in [7, 11) is 0. The molecule has 98 valence electrons. The second kappa shape index (κ2) is 6.44. The van der Waals surface area contributed by atoms with Crippen LogP contribution in [0.1, 0.15) is 18.9 Å². The molecular weight excluding hydrogens is 254 g/mol. The highest BCUT2D eigenvalue weighted by atomic mass is 32.2. The largest absolute Gasteiger partial charge is 0.365 e. The molecule has 19 heavy (non-hydrogen) atoms. The minimum Gasteiger partial charge on any atom is -0.365 e. The van der Waals surface area contributed by atoms with Crippen molar-refractivity contribution in [3.8, 4) is 6.07 Å². The highest BCUT2D eigenvalue weighted by Gasteiger charge is 2.11. The SMILES string of the molecule is CCC(CSC)Nc1nc2ccccc2cc1C#N. The minimum absolute atomic E-state index is 0.343. The third-order valence-electron chi connectivity index (χ3n) is 3.05. The number of hydrogen-bond acceptors (Lipinski definition) is 4. The first-order valence-corrected chi connectivity index (χ1v) is 7.73. The van der Waals surface area contributed by atoms with Gasteiger partial charge in [0.25, 0.3) is 0 Å². The fourth-order valence-corrected chi connectivity index (χ4v) is 2.69. The van der Waals surface area contributed by atoms with E-state index in [4.69, 9.17) is 0 Å². The topological polar surface area (TPSA) is 48.7 Å². The summed E-state index contributed by atoms with van der Waals surface area (Å²) in [6, 6.07) is 12.3. The van der Waals surface area contributed by atoms with Gasteiger partial charge >= 0.3 is 0 Å². The first kappa shape index (κ1) is 13.7. The number of rotatable bonds is 5. The van der Waals surface area contributed by atoms with Gasteiger partial charge in [-0.05, 0) is 24.8 Å². The van der Waals surface area contributed by atoms with Gasteiger partial charge in [0, 0.05) is 17.2 Å². The quantitative estimate of drug-likeness (QED) is 0.901. The first-order chi connectivity index (χ1) is 9.28. The molecule has 1 heterocycles. The molecule has 4 heteroatoms. The Balaban J connectivity index is 2.38. The maximum atomic E-state index is 9.26. The Hall–Kier alpha value is -1.73. The van der Waals surface area contributed by atoms with E-state index in [1.165, 1.54) is 0 Å². The highest BCUT2D eigenvalue weighted by Crippen LogP contribution is 2.21. The summed E-state index contributed by atoms with van der Waals surface area (Å²) in [5.41, 5.74) is 1.53. The Morgan fingerprint density at radius 1 is 1.42 bits per heavy atom. The van der Waals surface area contributed by atoms with E-state index in [0.29, 0.717) is 17.4 Å². The molecule has 0 saturated heterocycles. The van der Waals surface area contributed by atoms with E-state index in [2.05, 4.69) is 29.5 Å². The lowest BCUT2D eigenvalue weighted by Gasteiger charge is -2.17. The van der Waals surface area contributed by atoms with Crippen LogP contribution in [0.5, 0.6) is 0 Å². The summed E-state index contributed by atoms with van der Waals surface area (Å²) in [6.45, 7) is 2.14. The molecule has 0 saturated carbocycles. The van der Waals surface area contributed by atoms with Crippen molar-refractivity contribution >= 4 is 28.5 Å². The van der Waals surface area contributed by atoms with Gasteiger partial charge in [-0.1, -0.05) is 25.1 Å². The van der Waals surface area contributed by atoms with Gasteiger partial charge < -0.3 is 5.32 Å². The Bertz CT molecular complexity index is 604. The van der Waals surface area contributed by atoms with E-state index in [9.17, 15) is 5.26 Å². The summed E-state index contributed by atoms with van der Waals surface area (Å²) in [6.07, 6.45) is 3.10. The van der Waals surface area contributed by atoms with E-state index >= 15 is 0 Å². The third-order valence-corrected chi connectivity index (χ3v) is 3.78. The summed E-state index contributed by atoms with van der Waals surface area (Å²) in [4.78, 5) is 4.57. The van der Waals surface area contributed by atoms with Gasteiger partial charge in [0.1, 0.15) is 11.9 Å². The number of nitrogens with one attached hydrogen (secondary N) is 1. The highest BCUT2D eigenvalue weighted by molar-refractivity contribution is 7.98. The summed E-state index contributed by atoms with van der Waals surface area (Å²) < 4.78 is 0. The molecule has 0 spiro atoms. The van der Waals surface area contributed by atoms with Crippen molar-refractivity contribution in [3.63, 3.8) is 0 Å². The van der Waals surface area contributed by atoms with Gasteiger partial charge in [0.05, 0.1) is 11.1 Å². The maximum absolute atomic E-state index is 9.26. The molecule has 0 bridgehead atoms. The van der Waals surface area contributed by atoms with Crippen molar-refractivity contribution in [1.82, 2.24) is 4.98 Å². The lowest BCUT2D eigenvalue weighted by Crippen LogP contribution is -2.22. The standard InChI is InChI=1S/C15H17N3S/c1-3-13(10-19-2)17-15-12(9-16)8-11-6-4-5-7-14(11)18-15/h4-8,13H,3,10H2,1-2H3,(H,17,18). The van der Waals surface area contributed by atoms with Gasteiger partial charge in [-0.25, -0.2) is 4.98 Å². The number of nitriles is 1. The zero-order chi connectivity index (χ0) is 13.7. The predicted molar refractivity (Wildman–Crippen MR) is 82.5 cm³/mol. The summed E-state index contributed by atoms with van der Waals surface area (Å²) in [5, 5.41) is 13.6. The number of fused-ring (bicyclic) bond motifs is 1. The van der Waals surface area contributed by atoms with Crippen LogP contribution in [-0.4, -0.2) is 23.0 Å². The summed E-state index contributed by atoms with van der Waals surface area (Å²) in [5.74, 6) is 1.71. The number of hydrogen-bond donors (Lipinski definition) is 1. The number of anilines is 1. The van der Waals surface area contributed by atoms with E-state index in [0.717, 1.165) is 23.1 Å². The van der Waals surface area contributed by atoms with Gasteiger partial charge in [-0.2, -0.15) is 17.0 Å². The normalized spacial score (nSPS) is 12.1. The molecule has 1 aromatic heterocycles. The van der Waals surface area contributed by atoms with Gasteiger partial charge in [-0.3, -0.25) is 0 Å². The number of aromatic nitrogens is 1. The van der Waals surface area contributed by atoms with Crippen LogP contribution in [0.15, 0.2) is 30.3 Å². The maximum Gasteiger partial charge on any atom is 0.144 e. The Morgan fingerprint density at radius 3 is 2.89 bits per heavy atom. The molecule has 0 radical (unpaired) electrons. The van der Waals surface area contributed by atoms with Crippen molar-refractivity contribution in [1.29, 1.82) is 5.26 Å². The molecule has 1 aromatic carbocycles. The zero-order valence-electron chi connectivity index (χ0n) is 11.2. The molecule has 3 nitrogen and oxygen atoms in total. The smallest absolute Gasteiger partial charge is 0.144 e. The van der Waals surface area contributed by atoms with Gasteiger partial charge in [0.2, 0.25) is 0 Å². The van der Waals surface area contributed by atoms with Crippen molar-refractivity contribution in [3.05, 3.63) is 35.9 Å². The molecule has 1 N–H and O–H groups in total. The van der Waals surface area contributed by atoms with Crippen LogP contribution in [0.25, 0.3) is 10.9 Å². The molecule has 2 rings (SSSR count). The summed E-state index contributed by atoms with van der Waals surface area (Å²) >= 11 is 1.80. The lowest BCUT2D eigenvalue weighted by atomic mass is 10.1. The molecule has 2 aromatic rings. The molecule has 0 amide bonds. The van der Waals surface area contributed by atoms with Crippen LogP contribution in [-0.2, 0) is 0 Å². The average molecular weight is 271 g/mol. The second-order valence-electron chi connectivity index (χ2n) is 4.39. The third kappa shape index (κ3) is 3.18. The Labute approximate surface area is 118 Å². The Morgan fingerprint density at radius 2 is 2.21 bits per heavy atom. The van der Waals surface area contributed by atoms with Crippen molar-refractivity contribution in [2.75, 3.05) is 17.3 Å². The van der Waals surface area contributed by atoms with Crippen LogP contribution >= 0.6 is 11.8 Å². The Kier molecular flexibility index (Phi) is 4.64. The van der Waals surface area contributed by atoms with Crippen molar-refractivity contribution in [2.45, 2.75) is 19.4 Å². The fourth-order valence-electron chi connectivity index (χ4n) is 1.97. The van der Waals surface area contributed by atoms with Crippen LogP contribution in [0, 0.1) is 11.3 Å². The van der Waals surface area contributed by atoms with Crippen molar-refractivity contribution < 1.29 is 0 Å². The lowest BCUT2D eigenvalue weighted by molar-refractivity contribution is 0.770. The fraction of sp³-hybridized carbons (Fsp3) is 0.333. The second-order valence-corrected chi connectivity index (χ2v) is 5.30.